The molecule has 1 amide bonds. The van der Waals surface area contributed by atoms with Crippen LogP contribution in [0.1, 0.15) is 16.7 Å². The topological polar surface area (TPSA) is 38.3 Å². The maximum atomic E-state index is 12.7. The summed E-state index contributed by atoms with van der Waals surface area (Å²) in [5, 5.41) is 2.90. The minimum atomic E-state index is -4.78. The maximum absolute atomic E-state index is 12.7. The fourth-order valence-corrected chi connectivity index (χ4v) is 2.24. The lowest BCUT2D eigenvalue weighted by molar-refractivity contribution is -0.274. The van der Waals surface area contributed by atoms with Crippen molar-refractivity contribution < 1.29 is 27.1 Å². The van der Waals surface area contributed by atoms with Gasteiger partial charge in [-0.25, -0.2) is 4.39 Å². The summed E-state index contributed by atoms with van der Waals surface area (Å²) in [6.45, 7) is -0.554. The summed E-state index contributed by atoms with van der Waals surface area (Å²) in [6.07, 6.45) is -2.25. The van der Waals surface area contributed by atoms with E-state index in [2.05, 4.69) is 10.1 Å². The molecular weight excluding hydrogens is 374 g/mol. The van der Waals surface area contributed by atoms with Gasteiger partial charge in [-0.05, 0) is 41.5 Å². The van der Waals surface area contributed by atoms with E-state index in [9.17, 15) is 22.4 Å². The minimum absolute atomic E-state index is 0.157. The highest BCUT2D eigenvalue weighted by Gasteiger charge is 2.30. The molecule has 0 bridgehead atoms. The number of hydrogen-bond donors (Lipinski definition) is 1. The normalized spacial score (nSPS) is 11.6. The van der Waals surface area contributed by atoms with Crippen molar-refractivity contribution in [3.05, 3.63) is 70.3 Å². The molecule has 0 spiro atoms. The third-order valence-electron chi connectivity index (χ3n) is 3.24. The first kappa shape index (κ1) is 19.8. The Kier molecular flexibility index (Phi) is 6.63. The predicted molar refractivity (Wildman–Crippen MR) is 90.3 cm³/mol. The van der Waals surface area contributed by atoms with Gasteiger partial charge < -0.3 is 10.1 Å². The molecule has 8 heteroatoms. The first-order chi connectivity index (χ1) is 12.3. The molecule has 3 nitrogen and oxygen atoms in total. The van der Waals surface area contributed by atoms with Gasteiger partial charge in [0.25, 0.3) is 0 Å². The second-order valence-electron chi connectivity index (χ2n) is 5.23. The van der Waals surface area contributed by atoms with Crippen molar-refractivity contribution in [3.8, 4) is 5.75 Å². The molecule has 2 aromatic carbocycles. The van der Waals surface area contributed by atoms with E-state index in [4.69, 9.17) is 11.6 Å². The predicted octanol–water partition coefficient (Wildman–Crippen LogP) is 5.04. The second kappa shape index (κ2) is 8.71. The highest BCUT2D eigenvalue weighted by molar-refractivity contribution is 6.31. The van der Waals surface area contributed by atoms with Gasteiger partial charge >= 0.3 is 6.36 Å². The summed E-state index contributed by atoms with van der Waals surface area (Å²) in [5.41, 5.74) is 1.37. The van der Waals surface area contributed by atoms with Crippen LogP contribution < -0.4 is 10.1 Å². The van der Waals surface area contributed by atoms with Gasteiger partial charge in [0.2, 0.25) is 5.91 Å². The largest absolute Gasteiger partial charge is 0.573 e. The highest BCUT2D eigenvalue weighted by atomic mass is 35.5. The molecule has 0 atom stereocenters. The van der Waals surface area contributed by atoms with E-state index in [1.807, 2.05) is 0 Å². The number of hydrogen-bond acceptors (Lipinski definition) is 2. The molecule has 2 rings (SSSR count). The van der Waals surface area contributed by atoms with Gasteiger partial charge in [0.1, 0.15) is 12.4 Å². The Morgan fingerprint density at radius 2 is 1.96 bits per heavy atom. The lowest BCUT2D eigenvalue weighted by Crippen LogP contribution is -2.20. The maximum Gasteiger partial charge on any atom is 0.573 e. The van der Waals surface area contributed by atoms with Crippen LogP contribution in [-0.2, 0) is 18.0 Å². The Balaban J connectivity index is 1.94. The van der Waals surface area contributed by atoms with Gasteiger partial charge in [0.05, 0.1) is 0 Å². The molecule has 138 valence electrons. The zero-order valence-corrected chi connectivity index (χ0v) is 14.1. The number of ether oxygens (including phenoxy) is 1. The van der Waals surface area contributed by atoms with Gasteiger partial charge in [0, 0.05) is 23.2 Å². The average Bonchev–Trinajstić information content (AvgIpc) is 2.58. The molecule has 0 saturated heterocycles. The Hall–Kier alpha value is -2.54. The fourth-order valence-electron chi connectivity index (χ4n) is 2.08. The van der Waals surface area contributed by atoms with Gasteiger partial charge in [-0.1, -0.05) is 29.8 Å². The lowest BCUT2D eigenvalue weighted by Gasteiger charge is -2.08. The smallest absolute Gasteiger partial charge is 0.406 e. The van der Waals surface area contributed by atoms with Crippen LogP contribution in [0.15, 0.2) is 48.5 Å². The van der Waals surface area contributed by atoms with E-state index < -0.39 is 18.9 Å². The van der Waals surface area contributed by atoms with Crippen molar-refractivity contribution in [1.29, 1.82) is 0 Å². The van der Waals surface area contributed by atoms with E-state index in [0.29, 0.717) is 21.7 Å². The fraction of sp³-hybridized carbons (Fsp3) is 0.167. The number of carbonyl (C=O) groups is 1. The molecule has 0 aromatic heterocycles. The van der Waals surface area contributed by atoms with Crippen LogP contribution >= 0.6 is 11.6 Å². The summed E-state index contributed by atoms with van der Waals surface area (Å²) in [7, 11) is 0. The number of amides is 1. The van der Waals surface area contributed by atoms with Gasteiger partial charge in [-0.2, -0.15) is 0 Å². The second-order valence-corrected chi connectivity index (χ2v) is 5.64. The molecule has 0 saturated carbocycles. The Morgan fingerprint density at radius 3 is 2.65 bits per heavy atom. The van der Waals surface area contributed by atoms with Crippen molar-refractivity contribution in [2.45, 2.75) is 19.6 Å². The van der Waals surface area contributed by atoms with Crippen molar-refractivity contribution in [2.24, 2.45) is 0 Å². The van der Waals surface area contributed by atoms with E-state index in [-0.39, 0.29) is 12.3 Å². The Bertz CT molecular complexity index is 806. The molecule has 26 heavy (non-hydrogen) atoms. The first-order valence-electron chi connectivity index (χ1n) is 7.42. The Morgan fingerprint density at radius 1 is 1.19 bits per heavy atom. The molecule has 0 aliphatic carbocycles. The van der Waals surface area contributed by atoms with Crippen LogP contribution in [0.5, 0.6) is 5.75 Å². The molecular formula is C18H14ClF4NO2. The van der Waals surface area contributed by atoms with Crippen LogP contribution in [0.3, 0.4) is 0 Å². The zero-order valence-electron chi connectivity index (χ0n) is 13.3. The molecule has 0 aliphatic heterocycles. The van der Waals surface area contributed by atoms with Crippen LogP contribution in [-0.4, -0.2) is 12.3 Å². The number of nitrogens with one attached hydrogen (secondary N) is 1. The quantitative estimate of drug-likeness (QED) is 0.557. The van der Waals surface area contributed by atoms with Gasteiger partial charge in [-0.3, -0.25) is 4.79 Å². The Labute approximate surface area is 152 Å². The van der Waals surface area contributed by atoms with Gasteiger partial charge in [0.15, 0.2) is 0 Å². The summed E-state index contributed by atoms with van der Waals surface area (Å²) in [6, 6.07) is 9.97. The van der Waals surface area contributed by atoms with E-state index in [1.54, 1.807) is 18.2 Å². The molecule has 0 fully saturated rings. The van der Waals surface area contributed by atoms with Crippen LogP contribution in [0, 0.1) is 0 Å². The van der Waals surface area contributed by atoms with E-state index >= 15 is 0 Å². The molecule has 0 radical (unpaired) electrons. The van der Waals surface area contributed by atoms with Crippen LogP contribution in [0.2, 0.25) is 5.02 Å². The SMILES string of the molecule is O=C(/C=C/c1cccc(OC(F)(F)F)c1)NCc1ccc(Cl)c(CF)c1. The summed E-state index contributed by atoms with van der Waals surface area (Å²) < 4.78 is 53.1. The number of halogens is 5. The number of alkyl halides is 4. The number of rotatable bonds is 6. The summed E-state index contributed by atoms with van der Waals surface area (Å²) in [4.78, 5) is 11.8. The zero-order chi connectivity index (χ0) is 19.2. The van der Waals surface area contributed by atoms with Crippen molar-refractivity contribution in [2.75, 3.05) is 0 Å². The third-order valence-corrected chi connectivity index (χ3v) is 3.61. The van der Waals surface area contributed by atoms with Crippen LogP contribution in [0.25, 0.3) is 6.08 Å². The van der Waals surface area contributed by atoms with Gasteiger partial charge in [-0.15, -0.1) is 13.2 Å². The summed E-state index contributed by atoms with van der Waals surface area (Å²) in [5.74, 6) is -0.830. The average molecular weight is 388 g/mol. The molecule has 0 heterocycles. The number of carbonyl (C=O) groups excluding carboxylic acids is 1. The first-order valence-corrected chi connectivity index (χ1v) is 7.79. The lowest BCUT2D eigenvalue weighted by atomic mass is 10.1. The molecule has 0 unspecified atom stereocenters. The molecule has 1 N–H and O–H groups in total. The molecule has 2 aromatic rings. The van der Waals surface area contributed by atoms with Crippen molar-refractivity contribution >= 4 is 23.6 Å². The minimum Gasteiger partial charge on any atom is -0.406 e. The van der Waals surface area contributed by atoms with Crippen molar-refractivity contribution in [3.63, 3.8) is 0 Å². The molecule has 0 aliphatic rings. The standard InChI is InChI=1S/C18H14ClF4NO2/c19-16-6-4-13(8-14(16)10-20)11-24-17(25)7-5-12-2-1-3-15(9-12)26-18(21,22)23/h1-9H,10-11H2,(H,24,25)/b7-5+. The van der Waals surface area contributed by atoms with Crippen LogP contribution in [0.4, 0.5) is 17.6 Å². The van der Waals surface area contributed by atoms with Crippen molar-refractivity contribution in [1.82, 2.24) is 5.32 Å². The number of benzene rings is 2. The van der Waals surface area contributed by atoms with E-state index in [1.165, 1.54) is 24.3 Å². The highest BCUT2D eigenvalue weighted by Crippen LogP contribution is 2.23. The van der Waals surface area contributed by atoms with E-state index in [0.717, 1.165) is 12.1 Å². The summed E-state index contributed by atoms with van der Waals surface area (Å²) >= 11 is 5.81. The third kappa shape index (κ3) is 6.40. The monoisotopic (exact) mass is 387 g/mol.